The molecule has 3 N–H and O–H groups in total. The fourth-order valence-electron chi connectivity index (χ4n) is 2.36. The summed E-state index contributed by atoms with van der Waals surface area (Å²) in [5.74, 6) is 1.54. The molecule has 3 heterocycles. The summed E-state index contributed by atoms with van der Waals surface area (Å²) in [6.07, 6.45) is 6.12. The second-order valence-electron chi connectivity index (χ2n) is 5.37. The molecule has 9 heteroatoms. The molecule has 25 heavy (non-hydrogen) atoms. The average molecular weight is 408 g/mol. The lowest BCUT2D eigenvalue weighted by molar-refractivity contribution is -0.885. The lowest BCUT2D eigenvalue weighted by Crippen LogP contribution is -2.40. The van der Waals surface area contributed by atoms with E-state index in [-0.39, 0.29) is 6.61 Å². The van der Waals surface area contributed by atoms with Crippen molar-refractivity contribution in [1.29, 1.82) is 0 Å². The predicted molar refractivity (Wildman–Crippen MR) is 97.3 cm³/mol. The van der Waals surface area contributed by atoms with Crippen LogP contribution in [0.2, 0.25) is 0 Å². The summed E-state index contributed by atoms with van der Waals surface area (Å²) in [5.41, 5.74) is 1.78. The Hall–Kier alpha value is -2.39. The lowest BCUT2D eigenvalue weighted by atomic mass is 10.3. The number of aromatic nitrogens is 4. The van der Waals surface area contributed by atoms with Gasteiger partial charge < -0.3 is 15.7 Å². The second kappa shape index (κ2) is 8.13. The van der Waals surface area contributed by atoms with Gasteiger partial charge in [0.15, 0.2) is 5.65 Å². The minimum absolute atomic E-state index is 0.143. The van der Waals surface area contributed by atoms with Gasteiger partial charge in [-0.05, 0) is 28.4 Å². The number of aliphatic hydroxyl groups excluding tert-OH is 1. The van der Waals surface area contributed by atoms with E-state index in [4.69, 9.17) is 9.94 Å². The van der Waals surface area contributed by atoms with E-state index in [1.165, 1.54) is 0 Å². The molecule has 0 aliphatic heterocycles. The highest BCUT2D eigenvalue weighted by Gasteiger charge is 2.11. The largest absolute Gasteiger partial charge is 0.396 e. The zero-order valence-electron chi connectivity index (χ0n) is 13.8. The third kappa shape index (κ3) is 4.18. The summed E-state index contributed by atoms with van der Waals surface area (Å²) in [5, 5.41) is 19.9. The quantitative estimate of drug-likeness (QED) is 0.384. The first-order chi connectivity index (χ1) is 12.2. The summed E-state index contributed by atoms with van der Waals surface area (Å²) < 4.78 is 4.21. The monoisotopic (exact) mass is 407 g/mol. The molecule has 3 aromatic heterocycles. The van der Waals surface area contributed by atoms with Crippen LogP contribution in [0, 0.1) is 0 Å². The van der Waals surface area contributed by atoms with Gasteiger partial charge in [-0.25, -0.2) is 4.98 Å². The molecule has 3 aromatic rings. The van der Waals surface area contributed by atoms with Gasteiger partial charge in [0.05, 0.1) is 10.7 Å². The third-order valence-electron chi connectivity index (χ3n) is 3.59. The molecular weight excluding hydrogens is 388 g/mol. The van der Waals surface area contributed by atoms with Crippen molar-refractivity contribution >= 4 is 33.2 Å². The van der Waals surface area contributed by atoms with Crippen LogP contribution in [-0.4, -0.2) is 40.0 Å². The highest BCUT2D eigenvalue weighted by Crippen LogP contribution is 2.22. The van der Waals surface area contributed by atoms with Gasteiger partial charge in [0.25, 0.3) is 0 Å². The zero-order chi connectivity index (χ0) is 17.6. The first-order valence-corrected chi connectivity index (χ1v) is 8.68. The topological polar surface area (TPSA) is 87.6 Å². The second-order valence-corrected chi connectivity index (χ2v) is 6.22. The number of aliphatic hydroxyl groups is 1. The molecule has 8 nitrogen and oxygen atoms in total. The number of hydrogen-bond donors (Lipinski definition) is 3. The van der Waals surface area contributed by atoms with Gasteiger partial charge in [-0.2, -0.15) is 9.61 Å². The third-order valence-corrected chi connectivity index (χ3v) is 4.15. The molecular formula is C16H20BrN6O2+. The summed E-state index contributed by atoms with van der Waals surface area (Å²) in [6.45, 7) is 1.40. The maximum atomic E-state index is 8.93. The fourth-order valence-corrected chi connectivity index (χ4v) is 2.71. The number of halogens is 1. The van der Waals surface area contributed by atoms with Crippen LogP contribution in [0.1, 0.15) is 12.0 Å². The van der Waals surface area contributed by atoms with Crippen molar-refractivity contribution in [2.75, 3.05) is 30.9 Å². The SMILES string of the molecule is CO[n+]1cccc(CNc2cc(NCCCO)nc3c(Br)cnn23)c1. The number of nitrogens with one attached hydrogen (secondary N) is 2. The predicted octanol–water partition coefficient (Wildman–Crippen LogP) is 1.24. The van der Waals surface area contributed by atoms with Crippen LogP contribution < -0.4 is 20.2 Å². The Morgan fingerprint density at radius 2 is 2.28 bits per heavy atom. The number of nitrogens with zero attached hydrogens (tertiary/aromatic N) is 4. The standard InChI is InChI=1S/C16H20BrN6O2/c1-25-22-6-2-4-12(11-22)9-19-15-8-14(18-5-3-7-24)21-16-13(17)10-20-23(15)16/h2,4,6,8,10-11,19,24H,3,5,7,9H2,1H3,(H,18,21)/q+1. The van der Waals surface area contributed by atoms with E-state index >= 15 is 0 Å². The van der Waals surface area contributed by atoms with E-state index in [1.807, 2.05) is 30.6 Å². The van der Waals surface area contributed by atoms with Crippen LogP contribution in [0.15, 0.2) is 41.3 Å². The first kappa shape index (κ1) is 17.4. The van der Waals surface area contributed by atoms with Gasteiger partial charge in [0.2, 0.25) is 12.4 Å². The molecule has 0 saturated carbocycles. The Labute approximate surface area is 153 Å². The molecule has 3 rings (SSSR count). The molecule has 0 aromatic carbocycles. The van der Waals surface area contributed by atoms with E-state index in [0.717, 1.165) is 27.3 Å². The lowest BCUT2D eigenvalue weighted by Gasteiger charge is -2.11. The van der Waals surface area contributed by atoms with Gasteiger partial charge in [-0.3, -0.25) is 4.84 Å². The van der Waals surface area contributed by atoms with Crippen molar-refractivity contribution in [3.8, 4) is 0 Å². The van der Waals surface area contributed by atoms with E-state index < -0.39 is 0 Å². The Bertz CT molecular complexity index is 854. The molecule has 0 atom stereocenters. The van der Waals surface area contributed by atoms with Crippen LogP contribution in [0.4, 0.5) is 11.6 Å². The highest BCUT2D eigenvalue weighted by molar-refractivity contribution is 9.10. The van der Waals surface area contributed by atoms with Crippen molar-refractivity contribution in [2.24, 2.45) is 0 Å². The van der Waals surface area contributed by atoms with E-state index in [1.54, 1.807) is 22.6 Å². The fraction of sp³-hybridized carbons (Fsp3) is 0.312. The van der Waals surface area contributed by atoms with Crippen LogP contribution in [-0.2, 0) is 6.54 Å². The van der Waals surface area contributed by atoms with Crippen molar-refractivity contribution in [3.63, 3.8) is 0 Å². The molecule has 0 radical (unpaired) electrons. The summed E-state index contributed by atoms with van der Waals surface area (Å²) in [4.78, 5) is 9.73. The normalized spacial score (nSPS) is 10.8. The van der Waals surface area contributed by atoms with Gasteiger partial charge in [-0.1, -0.05) is 0 Å². The average Bonchev–Trinajstić information content (AvgIpc) is 3.01. The molecule has 132 valence electrons. The number of anilines is 2. The van der Waals surface area contributed by atoms with Gasteiger partial charge in [0, 0.05) is 42.1 Å². The van der Waals surface area contributed by atoms with Gasteiger partial charge in [-0.15, -0.1) is 0 Å². The van der Waals surface area contributed by atoms with E-state index in [2.05, 4.69) is 36.6 Å². The van der Waals surface area contributed by atoms with E-state index in [9.17, 15) is 0 Å². The van der Waals surface area contributed by atoms with Crippen LogP contribution in [0.25, 0.3) is 5.65 Å². The molecule has 0 bridgehead atoms. The minimum atomic E-state index is 0.143. The van der Waals surface area contributed by atoms with Gasteiger partial charge in [0.1, 0.15) is 18.7 Å². The number of pyridine rings is 1. The maximum Gasteiger partial charge on any atom is 0.227 e. The smallest absolute Gasteiger partial charge is 0.227 e. The zero-order valence-corrected chi connectivity index (χ0v) is 15.4. The summed E-state index contributed by atoms with van der Waals surface area (Å²) in [7, 11) is 1.62. The van der Waals surface area contributed by atoms with Crippen molar-refractivity contribution in [1.82, 2.24) is 14.6 Å². The number of hydrogen-bond acceptors (Lipinski definition) is 6. The van der Waals surface area contributed by atoms with Crippen molar-refractivity contribution in [2.45, 2.75) is 13.0 Å². The highest BCUT2D eigenvalue weighted by atomic mass is 79.9. The van der Waals surface area contributed by atoms with Crippen LogP contribution in [0.3, 0.4) is 0 Å². The minimum Gasteiger partial charge on any atom is -0.396 e. The Morgan fingerprint density at radius 3 is 3.08 bits per heavy atom. The Balaban J connectivity index is 1.83. The van der Waals surface area contributed by atoms with Crippen LogP contribution in [0.5, 0.6) is 0 Å². The number of rotatable bonds is 8. The molecule has 0 fully saturated rings. The molecule has 0 saturated heterocycles. The molecule has 0 spiro atoms. The Morgan fingerprint density at radius 1 is 1.40 bits per heavy atom. The first-order valence-electron chi connectivity index (χ1n) is 7.89. The molecule has 0 amide bonds. The number of fused-ring (bicyclic) bond motifs is 1. The van der Waals surface area contributed by atoms with Gasteiger partial charge >= 0.3 is 0 Å². The van der Waals surface area contributed by atoms with Crippen molar-refractivity contribution < 1.29 is 14.7 Å². The summed E-state index contributed by atoms with van der Waals surface area (Å²) >= 11 is 3.47. The van der Waals surface area contributed by atoms with Crippen LogP contribution >= 0.6 is 15.9 Å². The maximum absolute atomic E-state index is 8.93. The summed E-state index contributed by atoms with van der Waals surface area (Å²) in [6, 6.07) is 5.84. The molecule has 0 aliphatic rings. The van der Waals surface area contributed by atoms with Crippen molar-refractivity contribution in [3.05, 3.63) is 46.8 Å². The van der Waals surface area contributed by atoms with E-state index in [0.29, 0.717) is 19.5 Å². The Kier molecular flexibility index (Phi) is 5.67. The molecule has 0 aliphatic carbocycles. The molecule has 0 unspecified atom stereocenters.